The van der Waals surface area contributed by atoms with Gasteiger partial charge in [-0.25, -0.2) is 0 Å². The van der Waals surface area contributed by atoms with Gasteiger partial charge in [-0.2, -0.15) is 0 Å². The molecule has 0 radical (unpaired) electrons. The van der Waals surface area contributed by atoms with Crippen molar-refractivity contribution in [3.63, 3.8) is 0 Å². The van der Waals surface area contributed by atoms with Crippen molar-refractivity contribution in [1.29, 1.82) is 0 Å². The molecule has 2 aliphatic rings. The smallest absolute Gasteiger partial charge is 0.233 e. The Hall–Kier alpha value is -1.55. The molecule has 1 aliphatic heterocycles. The van der Waals surface area contributed by atoms with Gasteiger partial charge < -0.3 is 15.0 Å². The number of rotatable bonds is 3. The molecule has 0 saturated heterocycles. The lowest BCUT2D eigenvalue weighted by Gasteiger charge is -2.35. The van der Waals surface area contributed by atoms with E-state index in [0.717, 1.165) is 37.0 Å². The van der Waals surface area contributed by atoms with E-state index in [1.54, 1.807) is 0 Å². The van der Waals surface area contributed by atoms with Crippen LogP contribution < -0.4 is 10.1 Å². The Balaban J connectivity index is 1.66. The third-order valence-corrected chi connectivity index (χ3v) is 5.00. The molecular formula is C17H24N2O2. The first-order valence-electron chi connectivity index (χ1n) is 7.86. The third kappa shape index (κ3) is 2.77. The van der Waals surface area contributed by atoms with Gasteiger partial charge in [-0.05, 0) is 38.8 Å². The molecule has 1 N–H and O–H groups in total. The number of amides is 1. The minimum absolute atomic E-state index is 0.131. The zero-order chi connectivity index (χ0) is 14.8. The van der Waals surface area contributed by atoms with E-state index in [2.05, 4.69) is 5.32 Å². The van der Waals surface area contributed by atoms with Crippen molar-refractivity contribution in [3.8, 4) is 5.75 Å². The van der Waals surface area contributed by atoms with Crippen molar-refractivity contribution < 1.29 is 9.53 Å². The molecule has 114 valence electrons. The SMILES string of the molecule is CNC1CCC(N(C)C(=O)C2COc3ccccc32)CC1. The fraction of sp³-hybridized carbons (Fsp3) is 0.588. The summed E-state index contributed by atoms with van der Waals surface area (Å²) in [6, 6.07) is 8.87. The molecule has 21 heavy (non-hydrogen) atoms. The molecule has 1 atom stereocenters. The fourth-order valence-corrected chi connectivity index (χ4v) is 3.54. The van der Waals surface area contributed by atoms with Crippen LogP contribution in [0.1, 0.15) is 37.2 Å². The number of para-hydroxylation sites is 1. The average molecular weight is 288 g/mol. The van der Waals surface area contributed by atoms with Gasteiger partial charge in [-0.3, -0.25) is 4.79 Å². The van der Waals surface area contributed by atoms with Crippen molar-refractivity contribution in [2.24, 2.45) is 0 Å². The van der Waals surface area contributed by atoms with E-state index < -0.39 is 0 Å². The van der Waals surface area contributed by atoms with E-state index in [1.807, 2.05) is 43.3 Å². The highest BCUT2D eigenvalue weighted by atomic mass is 16.5. The van der Waals surface area contributed by atoms with Crippen molar-refractivity contribution in [2.75, 3.05) is 20.7 Å². The van der Waals surface area contributed by atoms with E-state index in [4.69, 9.17) is 4.74 Å². The number of ether oxygens (including phenoxy) is 1. The zero-order valence-corrected chi connectivity index (χ0v) is 12.8. The summed E-state index contributed by atoms with van der Waals surface area (Å²) in [5.41, 5.74) is 1.04. The van der Waals surface area contributed by atoms with Crippen LogP contribution in [0.2, 0.25) is 0 Å². The second-order valence-corrected chi connectivity index (χ2v) is 6.14. The number of hydrogen-bond acceptors (Lipinski definition) is 3. The van der Waals surface area contributed by atoms with Gasteiger partial charge in [-0.1, -0.05) is 18.2 Å². The van der Waals surface area contributed by atoms with Crippen LogP contribution in [0.3, 0.4) is 0 Å². The highest BCUT2D eigenvalue weighted by molar-refractivity contribution is 5.85. The Kier molecular flexibility index (Phi) is 4.15. The van der Waals surface area contributed by atoms with Crippen molar-refractivity contribution in [2.45, 2.75) is 43.7 Å². The second kappa shape index (κ2) is 6.06. The molecule has 1 heterocycles. The van der Waals surface area contributed by atoms with E-state index in [-0.39, 0.29) is 11.8 Å². The van der Waals surface area contributed by atoms with Crippen LogP contribution in [0.5, 0.6) is 5.75 Å². The summed E-state index contributed by atoms with van der Waals surface area (Å²) in [6.07, 6.45) is 4.47. The van der Waals surface area contributed by atoms with Crippen LogP contribution in [0.25, 0.3) is 0 Å². The van der Waals surface area contributed by atoms with Crippen LogP contribution in [0.4, 0.5) is 0 Å². The number of carbonyl (C=O) groups is 1. The maximum atomic E-state index is 12.8. The fourth-order valence-electron chi connectivity index (χ4n) is 3.54. The molecule has 1 saturated carbocycles. The van der Waals surface area contributed by atoms with Gasteiger partial charge in [0.2, 0.25) is 5.91 Å². The maximum absolute atomic E-state index is 12.8. The number of likely N-dealkylation sites (N-methyl/N-ethyl adjacent to an activating group) is 1. The molecule has 1 aromatic rings. The third-order valence-electron chi connectivity index (χ3n) is 5.00. The Morgan fingerprint density at radius 1 is 1.24 bits per heavy atom. The van der Waals surface area contributed by atoms with E-state index in [1.165, 1.54) is 0 Å². The highest BCUT2D eigenvalue weighted by Crippen LogP contribution is 2.35. The molecule has 4 nitrogen and oxygen atoms in total. The van der Waals surface area contributed by atoms with Gasteiger partial charge in [0.15, 0.2) is 0 Å². The lowest BCUT2D eigenvalue weighted by Crippen LogP contribution is -2.44. The van der Waals surface area contributed by atoms with Crippen molar-refractivity contribution >= 4 is 5.91 Å². The summed E-state index contributed by atoms with van der Waals surface area (Å²) in [7, 11) is 3.97. The van der Waals surface area contributed by atoms with Gasteiger partial charge in [-0.15, -0.1) is 0 Å². The maximum Gasteiger partial charge on any atom is 0.233 e. The molecule has 0 aromatic heterocycles. The number of hydrogen-bond donors (Lipinski definition) is 1. The first-order valence-corrected chi connectivity index (χ1v) is 7.86. The van der Waals surface area contributed by atoms with E-state index in [9.17, 15) is 4.79 Å². The standard InChI is InChI=1S/C17H24N2O2/c1-18-12-7-9-13(10-8-12)19(2)17(20)15-11-21-16-6-4-3-5-14(15)16/h3-6,12-13,15,18H,7-11H2,1-2H3. The highest BCUT2D eigenvalue weighted by Gasteiger charge is 2.35. The van der Waals surface area contributed by atoms with Gasteiger partial charge in [0, 0.05) is 24.7 Å². The first kappa shape index (κ1) is 14.4. The van der Waals surface area contributed by atoms with Gasteiger partial charge in [0.05, 0.1) is 0 Å². The zero-order valence-electron chi connectivity index (χ0n) is 12.8. The van der Waals surface area contributed by atoms with Gasteiger partial charge in [0.25, 0.3) is 0 Å². The van der Waals surface area contributed by atoms with Crippen molar-refractivity contribution in [1.82, 2.24) is 10.2 Å². The Labute approximate surface area is 126 Å². The molecule has 1 unspecified atom stereocenters. The lowest BCUT2D eigenvalue weighted by molar-refractivity contribution is -0.134. The van der Waals surface area contributed by atoms with Crippen molar-refractivity contribution in [3.05, 3.63) is 29.8 Å². The summed E-state index contributed by atoms with van der Waals surface area (Å²) in [5.74, 6) is 0.934. The van der Waals surface area contributed by atoms with Gasteiger partial charge in [0.1, 0.15) is 18.3 Å². The summed E-state index contributed by atoms with van der Waals surface area (Å²) in [4.78, 5) is 14.7. The molecule has 4 heteroatoms. The van der Waals surface area contributed by atoms with Gasteiger partial charge >= 0.3 is 0 Å². The van der Waals surface area contributed by atoms with E-state index in [0.29, 0.717) is 18.7 Å². The second-order valence-electron chi connectivity index (χ2n) is 6.14. The van der Waals surface area contributed by atoms with Crippen LogP contribution in [0.15, 0.2) is 24.3 Å². The minimum Gasteiger partial charge on any atom is -0.492 e. The van der Waals surface area contributed by atoms with Crippen LogP contribution >= 0.6 is 0 Å². The van der Waals surface area contributed by atoms with E-state index >= 15 is 0 Å². The van der Waals surface area contributed by atoms with Crippen LogP contribution in [-0.2, 0) is 4.79 Å². The van der Waals surface area contributed by atoms with Crippen LogP contribution in [0, 0.1) is 0 Å². The lowest BCUT2D eigenvalue weighted by atomic mass is 9.89. The molecular weight excluding hydrogens is 264 g/mol. The Morgan fingerprint density at radius 3 is 2.67 bits per heavy atom. The molecule has 0 bridgehead atoms. The monoisotopic (exact) mass is 288 g/mol. The topological polar surface area (TPSA) is 41.6 Å². The number of fused-ring (bicyclic) bond motifs is 1. The molecule has 1 aromatic carbocycles. The van der Waals surface area contributed by atoms with Crippen LogP contribution in [-0.4, -0.2) is 43.6 Å². The molecule has 1 aliphatic carbocycles. The molecule has 1 fully saturated rings. The summed E-state index contributed by atoms with van der Waals surface area (Å²) in [5, 5.41) is 3.34. The summed E-state index contributed by atoms with van der Waals surface area (Å²) >= 11 is 0. The molecule has 0 spiro atoms. The Bertz CT molecular complexity index is 509. The summed E-state index contributed by atoms with van der Waals surface area (Å²) < 4.78 is 5.65. The summed E-state index contributed by atoms with van der Waals surface area (Å²) in [6.45, 7) is 0.481. The predicted molar refractivity (Wildman–Crippen MR) is 82.6 cm³/mol. The predicted octanol–water partition coefficient (Wildman–Crippen LogP) is 2.15. The quantitative estimate of drug-likeness (QED) is 0.926. The number of nitrogens with one attached hydrogen (secondary N) is 1. The number of nitrogens with zero attached hydrogens (tertiary/aromatic N) is 1. The molecule has 1 amide bonds. The normalized spacial score (nSPS) is 27.8. The average Bonchev–Trinajstić information content (AvgIpc) is 2.97. The number of benzene rings is 1. The first-order chi connectivity index (χ1) is 10.2. The Morgan fingerprint density at radius 2 is 1.95 bits per heavy atom. The molecule has 3 rings (SSSR count). The largest absolute Gasteiger partial charge is 0.492 e. The number of carbonyl (C=O) groups excluding carboxylic acids is 1. The minimum atomic E-state index is -0.131.